The summed E-state index contributed by atoms with van der Waals surface area (Å²) in [6.45, 7) is 5.87. The molecule has 2 aliphatic rings. The average molecular weight is 449 g/mol. The van der Waals surface area contributed by atoms with Crippen LogP contribution in [0.4, 0.5) is 11.5 Å². The van der Waals surface area contributed by atoms with E-state index in [1.165, 1.54) is 0 Å². The topological polar surface area (TPSA) is 110 Å². The third kappa shape index (κ3) is 3.95. The number of carbonyl (C=O) groups is 2. The van der Waals surface area contributed by atoms with Crippen molar-refractivity contribution in [1.82, 2.24) is 15.0 Å². The molecule has 0 unspecified atom stereocenters. The zero-order chi connectivity index (χ0) is 22.9. The van der Waals surface area contributed by atoms with Gasteiger partial charge in [0, 0.05) is 37.9 Å². The molecule has 0 saturated carbocycles. The molecule has 10 nitrogen and oxygen atoms in total. The smallest absolute Gasteiger partial charge is 0.259 e. The van der Waals surface area contributed by atoms with Gasteiger partial charge in [-0.2, -0.15) is 0 Å². The highest BCUT2D eigenvalue weighted by atomic mass is 16.7. The zero-order valence-electron chi connectivity index (χ0n) is 18.3. The van der Waals surface area contributed by atoms with Crippen molar-refractivity contribution in [3.05, 3.63) is 59.1 Å². The van der Waals surface area contributed by atoms with Gasteiger partial charge in [-0.3, -0.25) is 9.59 Å². The Morgan fingerprint density at radius 1 is 1.03 bits per heavy atom. The van der Waals surface area contributed by atoms with Gasteiger partial charge in [-0.25, -0.2) is 4.98 Å². The first-order valence-corrected chi connectivity index (χ1v) is 10.6. The van der Waals surface area contributed by atoms with Gasteiger partial charge in [-0.1, -0.05) is 5.16 Å². The van der Waals surface area contributed by atoms with Crippen molar-refractivity contribution in [3.63, 3.8) is 0 Å². The fraction of sp³-hybridized carbons (Fsp3) is 0.304. The molecule has 0 aliphatic carbocycles. The van der Waals surface area contributed by atoms with E-state index in [2.05, 4.69) is 20.4 Å². The Bertz CT molecular complexity index is 1200. The van der Waals surface area contributed by atoms with Crippen LogP contribution in [0.3, 0.4) is 0 Å². The number of carbonyl (C=O) groups excluding carboxylic acids is 2. The molecule has 170 valence electrons. The number of fused-ring (bicyclic) bond motifs is 1. The fourth-order valence-corrected chi connectivity index (χ4v) is 4.05. The molecule has 3 aromatic rings. The Kier molecular flexibility index (Phi) is 5.33. The first-order chi connectivity index (χ1) is 16.0. The molecule has 1 aromatic carbocycles. The van der Waals surface area contributed by atoms with Crippen molar-refractivity contribution in [2.24, 2.45) is 0 Å². The third-order valence-electron chi connectivity index (χ3n) is 5.78. The Hall–Kier alpha value is -4.08. The lowest BCUT2D eigenvalue weighted by atomic mass is 10.1. The minimum atomic E-state index is -0.269. The number of aryl methyl sites for hydroxylation is 2. The number of piperazine rings is 1. The number of hydrogen-bond acceptors (Lipinski definition) is 8. The largest absolute Gasteiger partial charge is 0.454 e. The van der Waals surface area contributed by atoms with Gasteiger partial charge in [-0.05, 0) is 44.2 Å². The average Bonchev–Trinajstić information content (AvgIpc) is 3.44. The molecule has 1 N–H and O–H groups in total. The van der Waals surface area contributed by atoms with Crippen LogP contribution in [0.25, 0.3) is 0 Å². The highest BCUT2D eigenvalue weighted by Gasteiger charge is 2.28. The quantitative estimate of drug-likeness (QED) is 0.647. The van der Waals surface area contributed by atoms with Gasteiger partial charge in [0.15, 0.2) is 17.3 Å². The molecule has 4 heterocycles. The summed E-state index contributed by atoms with van der Waals surface area (Å²) in [5.41, 5.74) is 2.19. The molecule has 1 saturated heterocycles. The monoisotopic (exact) mass is 449 g/mol. The molecule has 0 atom stereocenters. The SMILES string of the molecule is Cc1noc(C)c1C(=O)N1CCN(c2ncccc2NC(=O)c2ccc3c(c2)OCO3)CC1. The fourth-order valence-electron chi connectivity index (χ4n) is 4.05. The van der Waals surface area contributed by atoms with E-state index in [4.69, 9.17) is 14.0 Å². The normalized spacial score (nSPS) is 15.0. The van der Waals surface area contributed by atoms with Gasteiger partial charge < -0.3 is 29.1 Å². The van der Waals surface area contributed by atoms with Gasteiger partial charge >= 0.3 is 0 Å². The molecule has 1 fully saturated rings. The van der Waals surface area contributed by atoms with E-state index < -0.39 is 0 Å². The van der Waals surface area contributed by atoms with E-state index in [0.29, 0.717) is 71.8 Å². The van der Waals surface area contributed by atoms with Crippen molar-refractivity contribution in [2.75, 3.05) is 43.2 Å². The molecule has 0 bridgehead atoms. The minimum absolute atomic E-state index is 0.0803. The van der Waals surface area contributed by atoms with Crippen molar-refractivity contribution >= 4 is 23.3 Å². The second-order valence-electron chi connectivity index (χ2n) is 7.88. The van der Waals surface area contributed by atoms with E-state index >= 15 is 0 Å². The molecule has 2 aromatic heterocycles. The summed E-state index contributed by atoms with van der Waals surface area (Å²) in [4.78, 5) is 34.1. The second-order valence-corrected chi connectivity index (χ2v) is 7.88. The standard InChI is InChI=1S/C23H23N5O5/c1-14-20(15(2)33-26-14)23(30)28-10-8-27(9-11-28)21-17(4-3-7-24-21)25-22(29)16-5-6-18-19(12-16)32-13-31-18/h3-7,12H,8-11,13H2,1-2H3,(H,25,29). The summed E-state index contributed by atoms with van der Waals surface area (Å²) in [6, 6.07) is 8.66. The molecule has 0 radical (unpaired) electrons. The van der Waals surface area contributed by atoms with Gasteiger partial charge in [0.05, 0.1) is 11.4 Å². The Morgan fingerprint density at radius 2 is 1.82 bits per heavy atom. The molecular weight excluding hydrogens is 426 g/mol. The summed E-state index contributed by atoms with van der Waals surface area (Å²) in [6.07, 6.45) is 1.69. The molecule has 2 aliphatic heterocycles. The molecule has 2 amide bonds. The van der Waals surface area contributed by atoms with E-state index in [1.807, 2.05) is 6.07 Å². The maximum Gasteiger partial charge on any atom is 0.259 e. The van der Waals surface area contributed by atoms with E-state index in [-0.39, 0.29) is 18.6 Å². The first kappa shape index (κ1) is 20.8. The Balaban J connectivity index is 1.28. The number of hydrogen-bond donors (Lipinski definition) is 1. The minimum Gasteiger partial charge on any atom is -0.454 e. The van der Waals surface area contributed by atoms with Crippen LogP contribution < -0.4 is 19.7 Å². The van der Waals surface area contributed by atoms with Crippen molar-refractivity contribution < 1.29 is 23.6 Å². The first-order valence-electron chi connectivity index (χ1n) is 10.6. The maximum atomic E-state index is 12.9. The van der Waals surface area contributed by atoms with Crippen LogP contribution in [-0.2, 0) is 0 Å². The molecule has 0 spiro atoms. The molecule has 5 rings (SSSR count). The van der Waals surface area contributed by atoms with Crippen LogP contribution in [0.15, 0.2) is 41.1 Å². The lowest BCUT2D eigenvalue weighted by Gasteiger charge is -2.36. The Labute approximate surface area is 190 Å². The summed E-state index contributed by atoms with van der Waals surface area (Å²) < 4.78 is 15.8. The van der Waals surface area contributed by atoms with Gasteiger partial charge in [0.25, 0.3) is 11.8 Å². The van der Waals surface area contributed by atoms with Crippen LogP contribution in [-0.4, -0.2) is 59.8 Å². The van der Waals surface area contributed by atoms with Gasteiger partial charge in [0.2, 0.25) is 6.79 Å². The van der Waals surface area contributed by atoms with E-state index in [0.717, 1.165) is 0 Å². The van der Waals surface area contributed by atoms with Crippen LogP contribution in [0.5, 0.6) is 11.5 Å². The molecule has 33 heavy (non-hydrogen) atoms. The number of nitrogens with one attached hydrogen (secondary N) is 1. The lowest BCUT2D eigenvalue weighted by molar-refractivity contribution is 0.0744. The van der Waals surface area contributed by atoms with Crippen molar-refractivity contribution in [2.45, 2.75) is 13.8 Å². The van der Waals surface area contributed by atoms with Crippen molar-refractivity contribution in [1.29, 1.82) is 0 Å². The number of amides is 2. The molecule has 10 heteroatoms. The summed E-state index contributed by atoms with van der Waals surface area (Å²) in [7, 11) is 0. The summed E-state index contributed by atoms with van der Waals surface area (Å²) in [5, 5.41) is 6.83. The number of pyridine rings is 1. The van der Waals surface area contributed by atoms with Crippen LogP contribution in [0.2, 0.25) is 0 Å². The van der Waals surface area contributed by atoms with Crippen LogP contribution in [0, 0.1) is 13.8 Å². The Morgan fingerprint density at radius 3 is 2.58 bits per heavy atom. The zero-order valence-corrected chi connectivity index (χ0v) is 18.3. The number of benzene rings is 1. The lowest BCUT2D eigenvalue weighted by Crippen LogP contribution is -2.49. The van der Waals surface area contributed by atoms with Crippen LogP contribution >= 0.6 is 0 Å². The number of aromatic nitrogens is 2. The number of rotatable bonds is 4. The predicted octanol–water partition coefficient (Wildman–Crippen LogP) is 2.63. The predicted molar refractivity (Wildman–Crippen MR) is 119 cm³/mol. The second kappa shape index (κ2) is 8.45. The van der Waals surface area contributed by atoms with E-state index in [9.17, 15) is 9.59 Å². The van der Waals surface area contributed by atoms with Gasteiger partial charge in [-0.15, -0.1) is 0 Å². The number of anilines is 2. The highest BCUT2D eigenvalue weighted by molar-refractivity contribution is 6.06. The summed E-state index contributed by atoms with van der Waals surface area (Å²) >= 11 is 0. The summed E-state index contributed by atoms with van der Waals surface area (Å²) in [5.74, 6) is 2.01. The van der Waals surface area contributed by atoms with E-state index in [1.54, 1.807) is 49.2 Å². The van der Waals surface area contributed by atoms with Crippen LogP contribution in [0.1, 0.15) is 32.2 Å². The maximum absolute atomic E-state index is 12.9. The number of nitrogens with zero attached hydrogens (tertiary/aromatic N) is 4. The van der Waals surface area contributed by atoms with Crippen molar-refractivity contribution in [3.8, 4) is 11.5 Å². The number of ether oxygens (including phenoxy) is 2. The molecular formula is C23H23N5O5. The highest BCUT2D eigenvalue weighted by Crippen LogP contribution is 2.33. The van der Waals surface area contributed by atoms with Gasteiger partial charge in [0.1, 0.15) is 11.3 Å². The third-order valence-corrected chi connectivity index (χ3v) is 5.78.